The molecule has 0 radical (unpaired) electrons. The number of rotatable bonds is 4. The first kappa shape index (κ1) is 15.3. The second kappa shape index (κ2) is 6.59. The molecule has 0 bridgehead atoms. The summed E-state index contributed by atoms with van der Waals surface area (Å²) in [4.78, 5) is 14.6. The molecule has 0 aliphatic carbocycles. The quantitative estimate of drug-likeness (QED) is 0.924. The Labute approximate surface area is 126 Å². The molecule has 1 atom stereocenters. The number of benzene rings is 1. The van der Waals surface area contributed by atoms with Gasteiger partial charge in [-0.05, 0) is 57.9 Å². The molecular weight excluding hydrogens is 272 g/mol. The number of nitrogens with zero attached hydrogens (tertiary/aromatic N) is 1. The van der Waals surface area contributed by atoms with E-state index in [9.17, 15) is 4.79 Å². The van der Waals surface area contributed by atoms with Crippen molar-refractivity contribution in [2.45, 2.75) is 45.7 Å². The number of carbonyl (C=O) groups excluding carboxylic acids is 1. The summed E-state index contributed by atoms with van der Waals surface area (Å²) in [5, 5.41) is 4.10. The first-order valence-corrected chi connectivity index (χ1v) is 7.67. The normalized spacial score (nSPS) is 18.6. The monoisotopic (exact) mass is 294 g/mol. The number of aryl methyl sites for hydroxylation is 1. The van der Waals surface area contributed by atoms with Crippen molar-refractivity contribution in [2.75, 3.05) is 13.1 Å². The first-order chi connectivity index (χ1) is 9.49. The molecule has 1 unspecified atom stereocenters. The van der Waals surface area contributed by atoms with Gasteiger partial charge in [-0.25, -0.2) is 0 Å². The van der Waals surface area contributed by atoms with Gasteiger partial charge in [0.25, 0.3) is 5.91 Å². The van der Waals surface area contributed by atoms with Gasteiger partial charge in [0, 0.05) is 29.2 Å². The summed E-state index contributed by atoms with van der Waals surface area (Å²) in [7, 11) is 0. The van der Waals surface area contributed by atoms with Gasteiger partial charge in [-0.1, -0.05) is 17.7 Å². The van der Waals surface area contributed by atoms with Gasteiger partial charge in [-0.3, -0.25) is 4.79 Å². The second-order valence-electron chi connectivity index (χ2n) is 5.81. The predicted molar refractivity (Wildman–Crippen MR) is 83.4 cm³/mol. The lowest BCUT2D eigenvalue weighted by molar-refractivity contribution is 0.0689. The molecule has 0 spiro atoms. The molecule has 1 saturated heterocycles. The molecule has 1 aromatic carbocycles. The van der Waals surface area contributed by atoms with E-state index in [0.717, 1.165) is 25.1 Å². The highest BCUT2D eigenvalue weighted by Gasteiger charge is 2.24. The topological polar surface area (TPSA) is 32.3 Å². The van der Waals surface area contributed by atoms with E-state index in [1.807, 2.05) is 24.0 Å². The number of hydrogen-bond donors (Lipinski definition) is 1. The number of amides is 1. The first-order valence-electron chi connectivity index (χ1n) is 7.29. The third kappa shape index (κ3) is 3.53. The fraction of sp³-hybridized carbons (Fsp3) is 0.562. The maximum atomic E-state index is 12.7. The lowest BCUT2D eigenvalue weighted by Crippen LogP contribution is -2.44. The van der Waals surface area contributed by atoms with E-state index in [2.05, 4.69) is 19.2 Å². The van der Waals surface area contributed by atoms with Crippen molar-refractivity contribution in [3.63, 3.8) is 0 Å². The Balaban J connectivity index is 2.15. The molecule has 0 saturated carbocycles. The highest BCUT2D eigenvalue weighted by molar-refractivity contribution is 6.31. The van der Waals surface area contributed by atoms with E-state index < -0.39 is 0 Å². The molecule has 110 valence electrons. The minimum Gasteiger partial charge on any atom is -0.335 e. The maximum Gasteiger partial charge on any atom is 0.254 e. The standard InChI is InChI=1S/C16H23ClN2O/c1-11(2)19(10-14-5-4-8-18-14)16(20)13-7-6-12(3)15(17)9-13/h6-7,9,11,14,18H,4-5,8,10H2,1-3H3. The van der Waals surface area contributed by atoms with Gasteiger partial charge in [-0.15, -0.1) is 0 Å². The SMILES string of the molecule is Cc1ccc(C(=O)N(CC2CCCN2)C(C)C)cc1Cl. The fourth-order valence-corrected chi connectivity index (χ4v) is 2.75. The zero-order valence-corrected chi connectivity index (χ0v) is 13.2. The van der Waals surface area contributed by atoms with Crippen LogP contribution in [0.25, 0.3) is 0 Å². The van der Waals surface area contributed by atoms with Gasteiger partial charge in [0.15, 0.2) is 0 Å². The molecule has 20 heavy (non-hydrogen) atoms. The van der Waals surface area contributed by atoms with E-state index in [-0.39, 0.29) is 11.9 Å². The van der Waals surface area contributed by atoms with Crippen LogP contribution >= 0.6 is 11.6 Å². The smallest absolute Gasteiger partial charge is 0.254 e. The van der Waals surface area contributed by atoms with E-state index in [1.165, 1.54) is 6.42 Å². The van der Waals surface area contributed by atoms with Crippen LogP contribution in [0.4, 0.5) is 0 Å². The van der Waals surface area contributed by atoms with Crippen molar-refractivity contribution in [3.8, 4) is 0 Å². The highest BCUT2D eigenvalue weighted by Crippen LogP contribution is 2.19. The summed E-state index contributed by atoms with van der Waals surface area (Å²) in [6, 6.07) is 6.15. The number of halogens is 1. The van der Waals surface area contributed by atoms with Crippen molar-refractivity contribution in [2.24, 2.45) is 0 Å². The summed E-state index contributed by atoms with van der Waals surface area (Å²) in [6.07, 6.45) is 2.34. The molecule has 0 aromatic heterocycles. The zero-order valence-electron chi connectivity index (χ0n) is 12.4. The van der Waals surface area contributed by atoms with Crippen molar-refractivity contribution >= 4 is 17.5 Å². The molecule has 1 aliphatic heterocycles. The number of hydrogen-bond acceptors (Lipinski definition) is 2. The Morgan fingerprint density at radius 1 is 1.50 bits per heavy atom. The van der Waals surface area contributed by atoms with Crippen molar-refractivity contribution in [3.05, 3.63) is 34.3 Å². The van der Waals surface area contributed by atoms with Crippen LogP contribution in [0.1, 0.15) is 42.6 Å². The molecule has 4 heteroatoms. The fourth-order valence-electron chi connectivity index (χ4n) is 2.57. The molecule has 1 aliphatic rings. The Morgan fingerprint density at radius 2 is 2.25 bits per heavy atom. The van der Waals surface area contributed by atoms with Crippen LogP contribution in [0.15, 0.2) is 18.2 Å². The Hall–Kier alpha value is -1.06. The van der Waals surface area contributed by atoms with Crippen LogP contribution in [0.3, 0.4) is 0 Å². The molecular formula is C16H23ClN2O. The summed E-state index contributed by atoms with van der Waals surface area (Å²) >= 11 is 6.13. The number of carbonyl (C=O) groups is 1. The summed E-state index contributed by atoms with van der Waals surface area (Å²) in [5.41, 5.74) is 1.67. The third-order valence-corrected chi connectivity index (χ3v) is 4.29. The lowest BCUT2D eigenvalue weighted by atomic mass is 10.1. The van der Waals surface area contributed by atoms with Crippen LogP contribution in [-0.2, 0) is 0 Å². The van der Waals surface area contributed by atoms with Gasteiger partial charge in [0.05, 0.1) is 0 Å². The minimum atomic E-state index is 0.0654. The predicted octanol–water partition coefficient (Wildman–Crippen LogP) is 3.25. The van der Waals surface area contributed by atoms with E-state index in [1.54, 1.807) is 6.07 Å². The van der Waals surface area contributed by atoms with Crippen LogP contribution < -0.4 is 5.32 Å². The molecule has 1 heterocycles. The van der Waals surface area contributed by atoms with Crippen LogP contribution in [0.5, 0.6) is 0 Å². The molecule has 3 nitrogen and oxygen atoms in total. The van der Waals surface area contributed by atoms with Gasteiger partial charge in [0.2, 0.25) is 0 Å². The summed E-state index contributed by atoms with van der Waals surface area (Å²) < 4.78 is 0. The summed E-state index contributed by atoms with van der Waals surface area (Å²) in [5.74, 6) is 0.0654. The second-order valence-corrected chi connectivity index (χ2v) is 6.22. The third-order valence-electron chi connectivity index (χ3n) is 3.88. The average molecular weight is 295 g/mol. The zero-order chi connectivity index (χ0) is 14.7. The van der Waals surface area contributed by atoms with E-state index >= 15 is 0 Å². The molecule has 1 aromatic rings. The molecule has 1 N–H and O–H groups in total. The van der Waals surface area contributed by atoms with Gasteiger partial charge < -0.3 is 10.2 Å². The van der Waals surface area contributed by atoms with Crippen molar-refractivity contribution in [1.29, 1.82) is 0 Å². The molecule has 1 amide bonds. The average Bonchev–Trinajstić information content (AvgIpc) is 2.91. The lowest BCUT2D eigenvalue weighted by Gasteiger charge is -2.29. The van der Waals surface area contributed by atoms with E-state index in [0.29, 0.717) is 16.6 Å². The number of nitrogens with one attached hydrogen (secondary N) is 1. The van der Waals surface area contributed by atoms with Crippen LogP contribution in [0.2, 0.25) is 5.02 Å². The van der Waals surface area contributed by atoms with E-state index in [4.69, 9.17) is 11.6 Å². The maximum absolute atomic E-state index is 12.7. The molecule has 2 rings (SSSR count). The molecule has 1 fully saturated rings. The van der Waals surface area contributed by atoms with Crippen molar-refractivity contribution < 1.29 is 4.79 Å². The Morgan fingerprint density at radius 3 is 2.80 bits per heavy atom. The summed E-state index contributed by atoms with van der Waals surface area (Å²) in [6.45, 7) is 7.88. The van der Waals surface area contributed by atoms with Crippen LogP contribution in [-0.4, -0.2) is 36.0 Å². The highest BCUT2D eigenvalue weighted by atomic mass is 35.5. The van der Waals surface area contributed by atoms with Gasteiger partial charge in [-0.2, -0.15) is 0 Å². The van der Waals surface area contributed by atoms with Crippen molar-refractivity contribution in [1.82, 2.24) is 10.2 Å². The van der Waals surface area contributed by atoms with Gasteiger partial charge in [0.1, 0.15) is 0 Å². The Bertz CT molecular complexity index is 481. The van der Waals surface area contributed by atoms with Gasteiger partial charge >= 0.3 is 0 Å². The minimum absolute atomic E-state index is 0.0654. The largest absolute Gasteiger partial charge is 0.335 e. The Kier molecular flexibility index (Phi) is 5.06. The van der Waals surface area contributed by atoms with Crippen LogP contribution in [0, 0.1) is 6.92 Å².